The molecule has 1 aromatic carbocycles. The summed E-state index contributed by atoms with van der Waals surface area (Å²) in [7, 11) is -2.64. The van der Waals surface area contributed by atoms with E-state index in [0.717, 1.165) is 19.3 Å². The highest BCUT2D eigenvalue weighted by Gasteiger charge is 2.53. The Bertz CT molecular complexity index is 942. The Kier molecular flexibility index (Phi) is 6.06. The lowest BCUT2D eigenvalue weighted by molar-refractivity contribution is -0.0157. The molecule has 1 aromatic heterocycles. The zero-order valence-electron chi connectivity index (χ0n) is 15.6. The average molecular weight is 441 g/mol. The minimum Gasteiger partial charge on any atom is -0.493 e. The van der Waals surface area contributed by atoms with Gasteiger partial charge in [-0.3, -0.25) is 4.98 Å². The molecule has 156 valence electrons. The maximum atomic E-state index is 14.0. The van der Waals surface area contributed by atoms with E-state index in [2.05, 4.69) is 9.71 Å². The standard InChI is InChI=1S/C20H22ClFN2O4S/c21-15-9-18(22)19(23-10-15)13-1-3-16(4-2-13)28-11-14-5-8-27-12-17(14)20(6-7-20)24-29(25)26/h1-4,9-10,14,17,29H,5-8,11-12H2,(H,24,25,26)/t14-,17-/m1/s1. The summed E-state index contributed by atoms with van der Waals surface area (Å²) in [6, 6.07) is 8.29. The summed E-state index contributed by atoms with van der Waals surface area (Å²) in [5, 5.41) is 0.252. The number of pyridine rings is 1. The molecule has 1 aliphatic carbocycles. The van der Waals surface area contributed by atoms with Crippen LogP contribution in [0.25, 0.3) is 11.3 Å². The van der Waals surface area contributed by atoms with Crippen LogP contribution in [0.2, 0.25) is 5.02 Å². The van der Waals surface area contributed by atoms with Crippen LogP contribution in [0.3, 0.4) is 0 Å². The molecule has 2 aliphatic rings. The second-order valence-electron chi connectivity index (χ2n) is 7.57. The average Bonchev–Trinajstić information content (AvgIpc) is 3.47. The molecule has 0 radical (unpaired) electrons. The molecular weight excluding hydrogens is 419 g/mol. The van der Waals surface area contributed by atoms with Crippen LogP contribution in [-0.2, 0) is 15.6 Å². The normalized spacial score (nSPS) is 23.1. The predicted molar refractivity (Wildman–Crippen MR) is 108 cm³/mol. The van der Waals surface area contributed by atoms with Gasteiger partial charge in [-0.15, -0.1) is 0 Å². The Balaban J connectivity index is 1.41. The van der Waals surface area contributed by atoms with E-state index >= 15 is 0 Å². The Morgan fingerprint density at radius 1 is 1.31 bits per heavy atom. The first-order chi connectivity index (χ1) is 14.0. The van der Waals surface area contributed by atoms with E-state index in [0.29, 0.717) is 31.1 Å². The molecule has 2 atom stereocenters. The number of hydrogen-bond donors (Lipinski definition) is 2. The lowest BCUT2D eigenvalue weighted by Gasteiger charge is -2.36. The predicted octanol–water partition coefficient (Wildman–Crippen LogP) is 3.22. The van der Waals surface area contributed by atoms with E-state index in [1.165, 1.54) is 12.3 Å². The summed E-state index contributed by atoms with van der Waals surface area (Å²) < 4.78 is 50.7. The fourth-order valence-corrected chi connectivity index (χ4v) is 4.91. The van der Waals surface area contributed by atoms with Crippen molar-refractivity contribution in [2.45, 2.75) is 24.8 Å². The van der Waals surface area contributed by atoms with Crippen molar-refractivity contribution in [2.75, 3.05) is 19.8 Å². The number of nitrogens with one attached hydrogen (secondary N) is 1. The number of rotatable bonds is 7. The number of ether oxygens (including phenoxy) is 2. The third kappa shape index (κ3) is 4.71. The summed E-state index contributed by atoms with van der Waals surface area (Å²) in [4.78, 5) is 4.05. The van der Waals surface area contributed by atoms with Crippen molar-refractivity contribution in [1.82, 2.24) is 9.71 Å². The molecule has 2 aromatic rings. The van der Waals surface area contributed by atoms with Gasteiger partial charge in [0.1, 0.15) is 11.4 Å². The first kappa shape index (κ1) is 20.5. The Morgan fingerprint density at radius 2 is 2.07 bits per heavy atom. The van der Waals surface area contributed by atoms with Crippen LogP contribution in [0.4, 0.5) is 4.39 Å². The van der Waals surface area contributed by atoms with E-state index in [9.17, 15) is 12.8 Å². The van der Waals surface area contributed by atoms with Crippen LogP contribution in [0, 0.1) is 17.7 Å². The summed E-state index contributed by atoms with van der Waals surface area (Å²) in [6.07, 6.45) is 3.89. The first-order valence-electron chi connectivity index (χ1n) is 9.51. The van der Waals surface area contributed by atoms with Gasteiger partial charge in [0.05, 0.1) is 18.2 Å². The molecule has 0 amide bonds. The zero-order chi connectivity index (χ0) is 20.4. The molecule has 0 unspecified atom stereocenters. The van der Waals surface area contributed by atoms with Crippen LogP contribution in [0.5, 0.6) is 5.75 Å². The van der Waals surface area contributed by atoms with Crippen molar-refractivity contribution in [3.63, 3.8) is 0 Å². The molecule has 29 heavy (non-hydrogen) atoms. The van der Waals surface area contributed by atoms with Gasteiger partial charge in [-0.05, 0) is 49.6 Å². The van der Waals surface area contributed by atoms with Gasteiger partial charge in [0, 0.05) is 35.7 Å². The van der Waals surface area contributed by atoms with E-state index in [-0.39, 0.29) is 28.1 Å². The fraction of sp³-hybridized carbons (Fsp3) is 0.450. The molecule has 6 nitrogen and oxygen atoms in total. The minimum absolute atomic E-state index is 0.0933. The molecule has 4 rings (SSSR count). The maximum Gasteiger partial charge on any atom is 0.201 e. The SMILES string of the molecule is O=[SH](=O)NC1([C@@H]2COCC[C@@H]2COc2ccc(-c3ncc(Cl)cc3F)cc2)CC1. The molecule has 1 N–H and O–H groups in total. The summed E-state index contributed by atoms with van der Waals surface area (Å²) in [5.41, 5.74) is 0.487. The van der Waals surface area contributed by atoms with E-state index in [4.69, 9.17) is 21.1 Å². The van der Waals surface area contributed by atoms with Crippen LogP contribution < -0.4 is 9.46 Å². The van der Waals surface area contributed by atoms with Crippen molar-refractivity contribution >= 4 is 22.5 Å². The van der Waals surface area contributed by atoms with Gasteiger partial charge in [0.15, 0.2) is 5.82 Å². The van der Waals surface area contributed by atoms with E-state index < -0.39 is 16.7 Å². The molecule has 2 fully saturated rings. The topological polar surface area (TPSA) is 77.5 Å². The minimum atomic E-state index is -2.64. The van der Waals surface area contributed by atoms with Crippen molar-refractivity contribution in [1.29, 1.82) is 0 Å². The van der Waals surface area contributed by atoms with Crippen LogP contribution in [-0.4, -0.2) is 38.8 Å². The zero-order valence-corrected chi connectivity index (χ0v) is 17.3. The molecule has 1 saturated heterocycles. The molecule has 0 spiro atoms. The third-order valence-electron chi connectivity index (χ3n) is 5.71. The smallest absolute Gasteiger partial charge is 0.201 e. The van der Waals surface area contributed by atoms with Gasteiger partial charge in [0.25, 0.3) is 0 Å². The Labute approximate surface area is 175 Å². The molecule has 1 saturated carbocycles. The Hall–Kier alpha value is -1.74. The summed E-state index contributed by atoms with van der Waals surface area (Å²) >= 11 is 5.75. The van der Waals surface area contributed by atoms with Crippen molar-refractivity contribution in [2.24, 2.45) is 11.8 Å². The monoisotopic (exact) mass is 440 g/mol. The second-order valence-corrected chi connectivity index (χ2v) is 8.75. The number of thiol groups is 1. The highest BCUT2D eigenvalue weighted by molar-refractivity contribution is 7.70. The summed E-state index contributed by atoms with van der Waals surface area (Å²) in [5.74, 6) is 0.482. The van der Waals surface area contributed by atoms with Crippen LogP contribution in [0.15, 0.2) is 36.5 Å². The largest absolute Gasteiger partial charge is 0.493 e. The van der Waals surface area contributed by atoms with Gasteiger partial charge in [0.2, 0.25) is 10.9 Å². The molecule has 2 heterocycles. The highest BCUT2D eigenvalue weighted by atomic mass is 35.5. The number of aromatic nitrogens is 1. The maximum absolute atomic E-state index is 14.0. The first-order valence-corrected chi connectivity index (χ1v) is 11.1. The molecule has 9 heteroatoms. The molecule has 0 bridgehead atoms. The number of hydrogen-bond acceptors (Lipinski definition) is 5. The third-order valence-corrected chi connectivity index (χ3v) is 6.55. The van der Waals surface area contributed by atoms with E-state index in [1.807, 2.05) is 0 Å². The van der Waals surface area contributed by atoms with E-state index in [1.54, 1.807) is 24.3 Å². The van der Waals surface area contributed by atoms with Gasteiger partial charge in [-0.25, -0.2) is 17.5 Å². The quantitative estimate of drug-likeness (QED) is 0.646. The molecule has 1 aliphatic heterocycles. The highest BCUT2D eigenvalue weighted by Crippen LogP contribution is 2.47. The Morgan fingerprint density at radius 3 is 2.72 bits per heavy atom. The van der Waals surface area contributed by atoms with Crippen molar-refractivity contribution < 1.29 is 22.3 Å². The number of halogens is 2. The van der Waals surface area contributed by atoms with Crippen molar-refractivity contribution in [3.05, 3.63) is 47.4 Å². The van der Waals surface area contributed by atoms with Gasteiger partial charge in [-0.2, -0.15) is 0 Å². The van der Waals surface area contributed by atoms with Crippen molar-refractivity contribution in [3.8, 4) is 17.0 Å². The number of benzene rings is 1. The van der Waals surface area contributed by atoms with Crippen LogP contribution in [0.1, 0.15) is 19.3 Å². The lowest BCUT2D eigenvalue weighted by atomic mass is 9.82. The summed E-state index contributed by atoms with van der Waals surface area (Å²) in [6.45, 7) is 1.65. The van der Waals surface area contributed by atoms with Gasteiger partial charge in [-0.1, -0.05) is 11.6 Å². The lowest BCUT2D eigenvalue weighted by Crippen LogP contribution is -2.47. The van der Waals surface area contributed by atoms with Gasteiger partial charge >= 0.3 is 0 Å². The number of nitrogens with zero attached hydrogens (tertiary/aromatic N) is 1. The second kappa shape index (κ2) is 8.55. The molecular formula is C20H22ClFN2O4S. The van der Waals surface area contributed by atoms with Crippen LogP contribution >= 0.6 is 11.6 Å². The fourth-order valence-electron chi connectivity index (χ4n) is 4.01. The van der Waals surface area contributed by atoms with Gasteiger partial charge < -0.3 is 9.47 Å².